The van der Waals surface area contributed by atoms with Crippen molar-refractivity contribution < 1.29 is 9.53 Å². The molecule has 0 aliphatic carbocycles. The Balaban J connectivity index is 2.25. The van der Waals surface area contributed by atoms with Crippen molar-refractivity contribution in [3.05, 3.63) is 53.2 Å². The number of methoxy groups -OCH3 is 1. The van der Waals surface area contributed by atoms with Gasteiger partial charge < -0.3 is 4.74 Å². The predicted octanol–water partition coefficient (Wildman–Crippen LogP) is 3.87. The van der Waals surface area contributed by atoms with E-state index in [0.29, 0.717) is 21.8 Å². The van der Waals surface area contributed by atoms with Gasteiger partial charge in [0.2, 0.25) is 0 Å². The van der Waals surface area contributed by atoms with E-state index in [2.05, 4.69) is 5.10 Å². The zero-order valence-electron chi connectivity index (χ0n) is 11.6. The number of carbonyl (C=O) groups is 1. The summed E-state index contributed by atoms with van der Waals surface area (Å²) in [6.07, 6.45) is 1.75. The topological polar surface area (TPSA) is 43.6 Å². The number of ketones is 1. The average molecular weight is 301 g/mol. The van der Waals surface area contributed by atoms with Gasteiger partial charge in [0.1, 0.15) is 11.4 Å². The van der Waals surface area contributed by atoms with Gasteiger partial charge in [-0.05, 0) is 43.3 Å². The van der Waals surface area contributed by atoms with Gasteiger partial charge in [0.15, 0.2) is 5.78 Å². The number of aromatic nitrogens is 2. The van der Waals surface area contributed by atoms with Gasteiger partial charge >= 0.3 is 0 Å². The summed E-state index contributed by atoms with van der Waals surface area (Å²) < 4.78 is 6.82. The van der Waals surface area contributed by atoms with Gasteiger partial charge in [-0.1, -0.05) is 11.6 Å². The molecule has 0 amide bonds. The number of carbonyl (C=O) groups excluding carboxylic acids is 1. The highest BCUT2D eigenvalue weighted by Crippen LogP contribution is 2.29. The second-order valence-corrected chi connectivity index (χ2v) is 5.12. The molecule has 21 heavy (non-hydrogen) atoms. The molecule has 0 N–H and O–H groups in total. The van der Waals surface area contributed by atoms with Gasteiger partial charge in [-0.15, -0.1) is 0 Å². The van der Waals surface area contributed by atoms with E-state index < -0.39 is 0 Å². The molecule has 0 saturated heterocycles. The average Bonchev–Trinajstić information content (AvgIpc) is 2.86. The summed E-state index contributed by atoms with van der Waals surface area (Å²) in [6, 6.07) is 10.9. The van der Waals surface area contributed by atoms with Crippen LogP contribution in [0.1, 0.15) is 17.3 Å². The van der Waals surface area contributed by atoms with Crippen molar-refractivity contribution in [1.82, 2.24) is 9.61 Å². The Morgan fingerprint density at radius 2 is 1.95 bits per heavy atom. The van der Waals surface area contributed by atoms with Crippen LogP contribution < -0.4 is 4.74 Å². The number of rotatable bonds is 3. The van der Waals surface area contributed by atoms with Crippen molar-refractivity contribution in [2.24, 2.45) is 0 Å². The van der Waals surface area contributed by atoms with Gasteiger partial charge in [-0.3, -0.25) is 4.79 Å². The summed E-state index contributed by atoms with van der Waals surface area (Å²) in [6.45, 7) is 1.53. The Morgan fingerprint density at radius 3 is 2.57 bits per heavy atom. The molecule has 0 radical (unpaired) electrons. The highest BCUT2D eigenvalue weighted by Gasteiger charge is 2.18. The van der Waals surface area contributed by atoms with Gasteiger partial charge in [0.25, 0.3) is 0 Å². The maximum Gasteiger partial charge on any atom is 0.164 e. The van der Waals surface area contributed by atoms with Crippen molar-refractivity contribution in [3.8, 4) is 17.0 Å². The van der Waals surface area contributed by atoms with Crippen LogP contribution in [0.5, 0.6) is 5.75 Å². The van der Waals surface area contributed by atoms with Crippen molar-refractivity contribution in [2.45, 2.75) is 6.92 Å². The first-order valence-electron chi connectivity index (χ1n) is 6.43. The number of fused-ring (bicyclic) bond motifs is 1. The van der Waals surface area contributed by atoms with E-state index in [1.54, 1.807) is 30.0 Å². The third-order valence-electron chi connectivity index (χ3n) is 3.31. The van der Waals surface area contributed by atoms with Crippen LogP contribution in [0.3, 0.4) is 0 Å². The molecule has 1 aromatic carbocycles. The number of halogens is 1. The number of ether oxygens (including phenoxy) is 1. The molecule has 5 heteroatoms. The second-order valence-electron chi connectivity index (χ2n) is 4.68. The first-order chi connectivity index (χ1) is 10.1. The molecule has 0 spiro atoms. The molecule has 0 saturated carbocycles. The van der Waals surface area contributed by atoms with E-state index >= 15 is 0 Å². The van der Waals surface area contributed by atoms with Crippen molar-refractivity contribution >= 4 is 22.9 Å². The minimum absolute atomic E-state index is 0.0434. The molecular weight excluding hydrogens is 288 g/mol. The lowest BCUT2D eigenvalue weighted by Crippen LogP contribution is -1.94. The Hall–Kier alpha value is -2.33. The maximum atomic E-state index is 12.0. The molecule has 0 atom stereocenters. The molecule has 2 heterocycles. The lowest BCUT2D eigenvalue weighted by molar-refractivity contribution is 0.102. The normalized spacial score (nSPS) is 10.8. The first kappa shape index (κ1) is 13.6. The van der Waals surface area contributed by atoms with Crippen LogP contribution in [0.25, 0.3) is 16.8 Å². The smallest absolute Gasteiger partial charge is 0.164 e. The number of Topliss-reactive ketones (excluding diaryl/α,β-unsaturated/α-hetero) is 1. The Morgan fingerprint density at radius 1 is 1.24 bits per heavy atom. The molecule has 3 rings (SSSR count). The van der Waals surface area contributed by atoms with Crippen LogP contribution in [0.4, 0.5) is 0 Å². The van der Waals surface area contributed by atoms with Gasteiger partial charge in [-0.25, -0.2) is 4.52 Å². The van der Waals surface area contributed by atoms with E-state index in [4.69, 9.17) is 16.3 Å². The van der Waals surface area contributed by atoms with E-state index in [1.165, 1.54) is 6.92 Å². The van der Waals surface area contributed by atoms with E-state index in [0.717, 1.165) is 11.3 Å². The number of benzene rings is 1. The zero-order valence-corrected chi connectivity index (χ0v) is 12.4. The van der Waals surface area contributed by atoms with Crippen LogP contribution >= 0.6 is 11.6 Å². The molecule has 0 unspecified atom stereocenters. The number of nitrogens with zero attached hydrogens (tertiary/aromatic N) is 2. The van der Waals surface area contributed by atoms with Crippen LogP contribution in [0.15, 0.2) is 42.6 Å². The summed E-state index contributed by atoms with van der Waals surface area (Å²) in [5.41, 5.74) is 2.79. The molecule has 0 bridgehead atoms. The lowest BCUT2D eigenvalue weighted by atomic mass is 10.0. The minimum atomic E-state index is -0.0434. The molecule has 3 aromatic rings. The van der Waals surface area contributed by atoms with E-state index in [9.17, 15) is 4.79 Å². The molecule has 106 valence electrons. The SMILES string of the molecule is COc1ccc(-c2nn3ccc(Cl)cc3c2C(C)=O)cc1. The lowest BCUT2D eigenvalue weighted by Gasteiger charge is -2.02. The monoisotopic (exact) mass is 300 g/mol. The number of hydrogen-bond donors (Lipinski definition) is 0. The van der Waals surface area contributed by atoms with Crippen molar-refractivity contribution in [2.75, 3.05) is 7.11 Å². The summed E-state index contributed by atoms with van der Waals surface area (Å²) in [5, 5.41) is 5.07. The Kier molecular flexibility index (Phi) is 3.39. The predicted molar refractivity (Wildman–Crippen MR) is 82.2 cm³/mol. The van der Waals surface area contributed by atoms with Gasteiger partial charge in [0.05, 0.1) is 18.2 Å². The second kappa shape index (κ2) is 5.22. The fourth-order valence-electron chi connectivity index (χ4n) is 2.32. The number of hydrogen-bond acceptors (Lipinski definition) is 3. The molecule has 4 nitrogen and oxygen atoms in total. The molecule has 0 aliphatic heterocycles. The van der Waals surface area contributed by atoms with E-state index in [-0.39, 0.29) is 5.78 Å². The third kappa shape index (κ3) is 2.38. The van der Waals surface area contributed by atoms with E-state index in [1.807, 2.05) is 24.3 Å². The fourth-order valence-corrected chi connectivity index (χ4v) is 2.48. The maximum absolute atomic E-state index is 12.0. The Bertz CT molecular complexity index is 822. The highest BCUT2D eigenvalue weighted by molar-refractivity contribution is 6.31. The molecule has 0 fully saturated rings. The van der Waals surface area contributed by atoms with Crippen LogP contribution in [-0.2, 0) is 0 Å². The molecule has 0 aliphatic rings. The molecular formula is C16H13ClN2O2. The largest absolute Gasteiger partial charge is 0.497 e. The summed E-state index contributed by atoms with van der Waals surface area (Å²) in [4.78, 5) is 12.0. The summed E-state index contributed by atoms with van der Waals surface area (Å²) >= 11 is 6.02. The van der Waals surface area contributed by atoms with Gasteiger partial charge in [0, 0.05) is 16.8 Å². The summed E-state index contributed by atoms with van der Waals surface area (Å²) in [7, 11) is 1.61. The van der Waals surface area contributed by atoms with Crippen molar-refractivity contribution in [3.63, 3.8) is 0 Å². The Labute approximate surface area is 126 Å². The standard InChI is InChI=1S/C16H13ClN2O2/c1-10(20)15-14-9-12(17)7-8-19(14)18-16(15)11-3-5-13(21-2)6-4-11/h3-9H,1-2H3. The highest BCUT2D eigenvalue weighted by atomic mass is 35.5. The quantitative estimate of drug-likeness (QED) is 0.690. The van der Waals surface area contributed by atoms with Crippen LogP contribution in [0.2, 0.25) is 5.02 Å². The fraction of sp³-hybridized carbons (Fsp3) is 0.125. The minimum Gasteiger partial charge on any atom is -0.497 e. The zero-order chi connectivity index (χ0) is 15.0. The van der Waals surface area contributed by atoms with Crippen molar-refractivity contribution in [1.29, 1.82) is 0 Å². The third-order valence-corrected chi connectivity index (χ3v) is 3.55. The van der Waals surface area contributed by atoms with Crippen LogP contribution in [0, 0.1) is 0 Å². The number of pyridine rings is 1. The molecule has 2 aromatic heterocycles. The summed E-state index contributed by atoms with van der Waals surface area (Å²) in [5.74, 6) is 0.716. The first-order valence-corrected chi connectivity index (χ1v) is 6.81. The van der Waals surface area contributed by atoms with Crippen LogP contribution in [-0.4, -0.2) is 22.5 Å². The van der Waals surface area contributed by atoms with Gasteiger partial charge in [-0.2, -0.15) is 5.10 Å².